The number of esters is 1. The van der Waals surface area contributed by atoms with Crippen LogP contribution < -0.4 is 9.47 Å². The van der Waals surface area contributed by atoms with Gasteiger partial charge >= 0.3 is 5.97 Å². The van der Waals surface area contributed by atoms with E-state index in [1.165, 1.54) is 6.92 Å². The summed E-state index contributed by atoms with van der Waals surface area (Å²) in [4.78, 5) is 11.0. The monoisotopic (exact) mass is 250 g/mol. The van der Waals surface area contributed by atoms with Gasteiger partial charge in [-0.3, -0.25) is 4.79 Å². The molecule has 0 unspecified atom stereocenters. The highest BCUT2D eigenvalue weighted by Crippen LogP contribution is 2.35. The fourth-order valence-electron chi connectivity index (χ4n) is 2.18. The molecule has 1 aliphatic rings. The first-order valence-electron chi connectivity index (χ1n) is 6.28. The molecule has 2 rings (SSSR count). The minimum Gasteiger partial charge on any atom is -0.459 e. The molecule has 0 heterocycles. The molecule has 0 aromatic heterocycles. The maximum absolute atomic E-state index is 11.0. The summed E-state index contributed by atoms with van der Waals surface area (Å²) in [6, 6.07) is 6.90. The Hall–Kier alpha value is -1.55. The van der Waals surface area contributed by atoms with Crippen LogP contribution in [0.5, 0.6) is 11.5 Å². The van der Waals surface area contributed by atoms with E-state index in [9.17, 15) is 9.90 Å². The minimum atomic E-state index is -1.13. The average molecular weight is 250 g/mol. The van der Waals surface area contributed by atoms with Crippen LogP contribution in [0.2, 0.25) is 0 Å². The summed E-state index contributed by atoms with van der Waals surface area (Å²) in [7, 11) is 0. The first-order valence-corrected chi connectivity index (χ1v) is 6.28. The molecule has 1 aromatic rings. The lowest BCUT2D eigenvalue weighted by molar-refractivity contribution is -0.160. The van der Waals surface area contributed by atoms with Gasteiger partial charge in [0, 0.05) is 19.8 Å². The molecule has 98 valence electrons. The number of carbonyl (C=O) groups is 1. The van der Waals surface area contributed by atoms with Crippen molar-refractivity contribution in [3.05, 3.63) is 24.3 Å². The molecular weight excluding hydrogens is 232 g/mol. The van der Waals surface area contributed by atoms with Gasteiger partial charge in [-0.05, 0) is 25.0 Å². The normalized spacial score (nSPS) is 18.1. The van der Waals surface area contributed by atoms with E-state index < -0.39 is 11.8 Å². The molecule has 1 saturated carbocycles. The van der Waals surface area contributed by atoms with Crippen LogP contribution in [0.1, 0.15) is 39.0 Å². The number of para-hydroxylation sites is 2. The van der Waals surface area contributed by atoms with Crippen LogP contribution in [0.4, 0.5) is 0 Å². The van der Waals surface area contributed by atoms with Crippen LogP contribution in [0.25, 0.3) is 0 Å². The Bertz CT molecular complexity index is 422. The fraction of sp³-hybridized carbons (Fsp3) is 0.500. The standard InChI is InChI=1S/C14H18O4/c1-11(15)17-12-7-3-4-8-13(12)18-14(16)9-5-2-6-10-14/h3-4,7-8,16H,2,5-6,9-10H2,1H3. The van der Waals surface area contributed by atoms with Gasteiger partial charge in [-0.1, -0.05) is 18.6 Å². The summed E-state index contributed by atoms with van der Waals surface area (Å²) < 4.78 is 10.7. The van der Waals surface area contributed by atoms with Crippen molar-refractivity contribution in [2.45, 2.75) is 44.8 Å². The Kier molecular flexibility index (Phi) is 3.87. The number of ether oxygens (including phenoxy) is 2. The van der Waals surface area contributed by atoms with Gasteiger partial charge in [-0.15, -0.1) is 0 Å². The van der Waals surface area contributed by atoms with Crippen LogP contribution in [0.3, 0.4) is 0 Å². The van der Waals surface area contributed by atoms with Gasteiger partial charge in [0.15, 0.2) is 11.5 Å². The molecular formula is C14H18O4. The van der Waals surface area contributed by atoms with E-state index in [0.29, 0.717) is 24.3 Å². The van der Waals surface area contributed by atoms with Gasteiger partial charge in [0.05, 0.1) is 0 Å². The van der Waals surface area contributed by atoms with Crippen LogP contribution >= 0.6 is 0 Å². The highest BCUT2D eigenvalue weighted by molar-refractivity contribution is 5.70. The summed E-state index contributed by atoms with van der Waals surface area (Å²) in [6.07, 6.45) is 4.25. The molecule has 4 heteroatoms. The molecule has 0 saturated heterocycles. The molecule has 0 radical (unpaired) electrons. The summed E-state index contributed by atoms with van der Waals surface area (Å²) in [5, 5.41) is 10.3. The van der Waals surface area contributed by atoms with Crippen molar-refractivity contribution in [2.75, 3.05) is 0 Å². The Labute approximate surface area is 107 Å². The second-order valence-corrected chi connectivity index (χ2v) is 4.65. The van der Waals surface area contributed by atoms with Gasteiger partial charge in [-0.25, -0.2) is 0 Å². The van der Waals surface area contributed by atoms with Crippen LogP contribution in [0, 0.1) is 0 Å². The van der Waals surface area contributed by atoms with Crippen molar-refractivity contribution in [3.63, 3.8) is 0 Å². The number of benzene rings is 1. The second-order valence-electron chi connectivity index (χ2n) is 4.65. The molecule has 0 atom stereocenters. The van der Waals surface area contributed by atoms with E-state index in [1.54, 1.807) is 24.3 Å². The number of rotatable bonds is 3. The SMILES string of the molecule is CC(=O)Oc1ccccc1OC1(O)CCCCC1. The quantitative estimate of drug-likeness (QED) is 0.509. The van der Waals surface area contributed by atoms with Gasteiger partial charge in [0.1, 0.15) is 0 Å². The van der Waals surface area contributed by atoms with Crippen molar-refractivity contribution < 1.29 is 19.4 Å². The number of hydrogen-bond acceptors (Lipinski definition) is 4. The van der Waals surface area contributed by atoms with E-state index >= 15 is 0 Å². The lowest BCUT2D eigenvalue weighted by atomic mass is 9.94. The second kappa shape index (κ2) is 5.40. The Morgan fingerprint density at radius 2 is 1.78 bits per heavy atom. The summed E-state index contributed by atoms with van der Waals surface area (Å²) in [6.45, 7) is 1.34. The topological polar surface area (TPSA) is 55.8 Å². The Morgan fingerprint density at radius 1 is 1.17 bits per heavy atom. The molecule has 0 spiro atoms. The highest BCUT2D eigenvalue weighted by Gasteiger charge is 2.32. The third kappa shape index (κ3) is 3.23. The van der Waals surface area contributed by atoms with Crippen molar-refractivity contribution in [3.8, 4) is 11.5 Å². The minimum absolute atomic E-state index is 0.351. The molecule has 1 aliphatic carbocycles. The first kappa shape index (κ1) is 12.9. The molecule has 4 nitrogen and oxygen atoms in total. The molecule has 0 bridgehead atoms. The van der Waals surface area contributed by atoms with Crippen LogP contribution in [-0.2, 0) is 4.79 Å². The predicted octanol–water partition coefficient (Wildman–Crippen LogP) is 2.64. The van der Waals surface area contributed by atoms with Gasteiger partial charge in [0.25, 0.3) is 0 Å². The first-order chi connectivity index (χ1) is 8.59. The molecule has 0 amide bonds. The molecule has 1 aromatic carbocycles. The predicted molar refractivity (Wildman–Crippen MR) is 66.4 cm³/mol. The summed E-state index contributed by atoms with van der Waals surface area (Å²) in [5.41, 5.74) is 0. The van der Waals surface area contributed by atoms with Crippen molar-refractivity contribution in [1.82, 2.24) is 0 Å². The molecule has 18 heavy (non-hydrogen) atoms. The molecule has 1 fully saturated rings. The molecule has 1 N–H and O–H groups in total. The maximum atomic E-state index is 11.0. The zero-order valence-electron chi connectivity index (χ0n) is 10.5. The van der Waals surface area contributed by atoms with Crippen LogP contribution in [-0.4, -0.2) is 16.9 Å². The van der Waals surface area contributed by atoms with Crippen molar-refractivity contribution in [2.24, 2.45) is 0 Å². The van der Waals surface area contributed by atoms with E-state index in [4.69, 9.17) is 9.47 Å². The van der Waals surface area contributed by atoms with E-state index in [0.717, 1.165) is 19.3 Å². The van der Waals surface area contributed by atoms with E-state index in [2.05, 4.69) is 0 Å². The lowest BCUT2D eigenvalue weighted by Crippen LogP contribution is -2.37. The lowest BCUT2D eigenvalue weighted by Gasteiger charge is -2.32. The largest absolute Gasteiger partial charge is 0.459 e. The van der Waals surface area contributed by atoms with E-state index in [1.807, 2.05) is 0 Å². The third-order valence-electron chi connectivity index (χ3n) is 3.04. The van der Waals surface area contributed by atoms with Crippen molar-refractivity contribution in [1.29, 1.82) is 0 Å². The highest BCUT2D eigenvalue weighted by atomic mass is 16.6. The Balaban J connectivity index is 2.14. The zero-order valence-corrected chi connectivity index (χ0v) is 10.5. The third-order valence-corrected chi connectivity index (χ3v) is 3.04. The number of hydrogen-bond donors (Lipinski definition) is 1. The maximum Gasteiger partial charge on any atom is 0.308 e. The number of carbonyl (C=O) groups excluding carboxylic acids is 1. The van der Waals surface area contributed by atoms with Gasteiger partial charge in [-0.2, -0.15) is 0 Å². The van der Waals surface area contributed by atoms with Crippen LogP contribution in [0.15, 0.2) is 24.3 Å². The summed E-state index contributed by atoms with van der Waals surface area (Å²) in [5.74, 6) is -0.767. The van der Waals surface area contributed by atoms with Gasteiger partial charge in [0.2, 0.25) is 5.79 Å². The number of aliphatic hydroxyl groups is 1. The Morgan fingerprint density at radius 3 is 2.39 bits per heavy atom. The zero-order chi connectivity index (χ0) is 13.0. The summed E-state index contributed by atoms with van der Waals surface area (Å²) >= 11 is 0. The fourth-order valence-corrected chi connectivity index (χ4v) is 2.18. The van der Waals surface area contributed by atoms with E-state index in [-0.39, 0.29) is 0 Å². The molecule has 0 aliphatic heterocycles. The average Bonchev–Trinajstić information content (AvgIpc) is 2.32. The van der Waals surface area contributed by atoms with Gasteiger partial charge < -0.3 is 14.6 Å². The smallest absolute Gasteiger partial charge is 0.308 e. The van der Waals surface area contributed by atoms with Crippen molar-refractivity contribution >= 4 is 5.97 Å².